The second kappa shape index (κ2) is 9.09. The lowest BCUT2D eigenvalue weighted by atomic mass is 10.1. The molecule has 0 saturated carbocycles. The summed E-state index contributed by atoms with van der Waals surface area (Å²) in [4.78, 5) is 25.3. The van der Waals surface area contributed by atoms with E-state index in [4.69, 9.17) is 4.74 Å². The predicted octanol–water partition coefficient (Wildman–Crippen LogP) is 4.14. The summed E-state index contributed by atoms with van der Waals surface area (Å²) in [6.45, 7) is 0.400. The Labute approximate surface area is 160 Å². The summed E-state index contributed by atoms with van der Waals surface area (Å²) in [5.74, 6) is -1.45. The van der Waals surface area contributed by atoms with Crippen LogP contribution in [0.5, 0.6) is 0 Å². The van der Waals surface area contributed by atoms with E-state index in [0.717, 1.165) is 5.56 Å². The second-order valence-electron chi connectivity index (χ2n) is 5.84. The van der Waals surface area contributed by atoms with Crippen LogP contribution in [0.1, 0.15) is 26.9 Å². The number of thiophene rings is 1. The zero-order chi connectivity index (χ0) is 19.1. The molecule has 3 aromatic rings. The Balaban J connectivity index is 1.69. The third-order valence-corrected chi connectivity index (χ3v) is 4.76. The number of carbonyl (C=O) groups is 2. The molecule has 0 aliphatic rings. The van der Waals surface area contributed by atoms with Crippen molar-refractivity contribution in [2.24, 2.45) is 0 Å². The molecule has 1 atom stereocenters. The van der Waals surface area contributed by atoms with Gasteiger partial charge in [-0.15, -0.1) is 11.3 Å². The maximum atomic E-state index is 13.2. The van der Waals surface area contributed by atoms with Crippen LogP contribution in [-0.4, -0.2) is 18.4 Å². The maximum absolute atomic E-state index is 13.2. The van der Waals surface area contributed by atoms with Crippen LogP contribution >= 0.6 is 11.3 Å². The fraction of sp³-hybridized carbons (Fsp3) is 0.143. The van der Waals surface area contributed by atoms with E-state index in [1.54, 1.807) is 17.5 Å². The van der Waals surface area contributed by atoms with Gasteiger partial charge < -0.3 is 10.1 Å². The van der Waals surface area contributed by atoms with Gasteiger partial charge in [-0.25, -0.2) is 9.18 Å². The van der Waals surface area contributed by atoms with Crippen molar-refractivity contribution in [3.63, 3.8) is 0 Å². The van der Waals surface area contributed by atoms with Gasteiger partial charge in [0.2, 0.25) is 6.10 Å². The molecule has 0 saturated heterocycles. The lowest BCUT2D eigenvalue weighted by Crippen LogP contribution is -2.33. The standard InChI is InChI=1S/C21H18FNO3S/c22-17-10-8-16(9-11-17)19(26-21(25)18-7-4-14-27-18)20(24)23-13-12-15-5-2-1-3-6-15/h1-11,14,19H,12-13H2,(H,23,24)/t19-/m0/s1. The van der Waals surface area contributed by atoms with E-state index < -0.39 is 23.8 Å². The van der Waals surface area contributed by atoms with E-state index in [2.05, 4.69) is 5.32 Å². The summed E-state index contributed by atoms with van der Waals surface area (Å²) >= 11 is 1.23. The van der Waals surface area contributed by atoms with E-state index in [9.17, 15) is 14.0 Å². The second-order valence-corrected chi connectivity index (χ2v) is 6.79. The molecule has 6 heteroatoms. The van der Waals surface area contributed by atoms with Crippen LogP contribution in [-0.2, 0) is 16.0 Å². The van der Waals surface area contributed by atoms with Crippen molar-refractivity contribution in [3.05, 3.63) is 93.9 Å². The van der Waals surface area contributed by atoms with Crippen molar-refractivity contribution in [3.8, 4) is 0 Å². The molecule has 0 spiro atoms. The van der Waals surface area contributed by atoms with Crippen LogP contribution in [0.2, 0.25) is 0 Å². The van der Waals surface area contributed by atoms with Gasteiger partial charge in [0.1, 0.15) is 10.7 Å². The zero-order valence-corrected chi connectivity index (χ0v) is 15.2. The molecule has 138 valence electrons. The summed E-state index contributed by atoms with van der Waals surface area (Å²) in [7, 11) is 0. The Morgan fingerprint density at radius 3 is 2.41 bits per heavy atom. The molecule has 1 heterocycles. The number of esters is 1. The first-order valence-corrected chi connectivity index (χ1v) is 9.33. The monoisotopic (exact) mass is 383 g/mol. The number of nitrogens with one attached hydrogen (secondary N) is 1. The molecule has 0 aliphatic heterocycles. The first kappa shape index (κ1) is 18.8. The van der Waals surface area contributed by atoms with Gasteiger partial charge >= 0.3 is 5.97 Å². The van der Waals surface area contributed by atoms with E-state index in [1.165, 1.54) is 35.6 Å². The first-order chi connectivity index (χ1) is 13.1. The van der Waals surface area contributed by atoms with Gasteiger partial charge in [0.15, 0.2) is 0 Å². The minimum Gasteiger partial charge on any atom is -0.443 e. The van der Waals surface area contributed by atoms with Crippen molar-refractivity contribution < 1.29 is 18.7 Å². The average Bonchev–Trinajstić information content (AvgIpc) is 3.22. The number of benzene rings is 2. The first-order valence-electron chi connectivity index (χ1n) is 8.45. The van der Waals surface area contributed by atoms with Crippen molar-refractivity contribution in [2.45, 2.75) is 12.5 Å². The van der Waals surface area contributed by atoms with Crippen molar-refractivity contribution >= 4 is 23.2 Å². The Kier molecular flexibility index (Phi) is 6.33. The number of halogens is 1. The molecule has 1 N–H and O–H groups in total. The molecule has 0 fully saturated rings. The average molecular weight is 383 g/mol. The van der Waals surface area contributed by atoms with Crippen LogP contribution in [0.4, 0.5) is 4.39 Å². The molecule has 4 nitrogen and oxygen atoms in total. The van der Waals surface area contributed by atoms with Gasteiger partial charge in [0.05, 0.1) is 0 Å². The number of hydrogen-bond acceptors (Lipinski definition) is 4. The highest BCUT2D eigenvalue weighted by molar-refractivity contribution is 7.11. The Hall–Kier alpha value is -2.99. The Morgan fingerprint density at radius 2 is 1.74 bits per heavy atom. The number of ether oxygens (including phenoxy) is 1. The van der Waals surface area contributed by atoms with Crippen LogP contribution in [0, 0.1) is 5.82 Å². The topological polar surface area (TPSA) is 55.4 Å². The minimum absolute atomic E-state index is 0.400. The zero-order valence-electron chi connectivity index (χ0n) is 14.4. The summed E-state index contributed by atoms with van der Waals surface area (Å²) < 4.78 is 18.6. The smallest absolute Gasteiger partial charge is 0.349 e. The number of amides is 1. The van der Waals surface area contributed by atoms with Crippen molar-refractivity contribution in [2.75, 3.05) is 6.54 Å². The number of carbonyl (C=O) groups excluding carboxylic acids is 2. The molecule has 2 aromatic carbocycles. The van der Waals surface area contributed by atoms with Crippen LogP contribution < -0.4 is 5.32 Å². The fourth-order valence-electron chi connectivity index (χ4n) is 2.54. The van der Waals surface area contributed by atoms with Gasteiger partial charge in [0, 0.05) is 12.1 Å². The summed E-state index contributed by atoms with van der Waals surface area (Å²) in [6.07, 6.45) is -0.488. The van der Waals surface area contributed by atoms with Gasteiger partial charge in [-0.2, -0.15) is 0 Å². The van der Waals surface area contributed by atoms with Crippen LogP contribution in [0.15, 0.2) is 72.1 Å². The quantitative estimate of drug-likeness (QED) is 0.624. The SMILES string of the molecule is O=C(O[C@H](C(=O)NCCc1ccccc1)c1ccc(F)cc1)c1cccs1. The molecule has 0 unspecified atom stereocenters. The largest absolute Gasteiger partial charge is 0.443 e. The van der Waals surface area contributed by atoms with E-state index in [1.807, 2.05) is 30.3 Å². The number of hydrogen-bond donors (Lipinski definition) is 1. The highest BCUT2D eigenvalue weighted by atomic mass is 32.1. The highest BCUT2D eigenvalue weighted by Gasteiger charge is 2.26. The van der Waals surface area contributed by atoms with Gasteiger partial charge in [-0.3, -0.25) is 4.79 Å². The molecular formula is C21H18FNO3S. The third kappa shape index (κ3) is 5.24. The number of rotatable bonds is 7. The minimum atomic E-state index is -1.14. The highest BCUT2D eigenvalue weighted by Crippen LogP contribution is 2.21. The van der Waals surface area contributed by atoms with Gasteiger partial charge in [0.25, 0.3) is 5.91 Å². The van der Waals surface area contributed by atoms with Crippen molar-refractivity contribution in [1.29, 1.82) is 0 Å². The van der Waals surface area contributed by atoms with E-state index in [0.29, 0.717) is 23.4 Å². The van der Waals surface area contributed by atoms with Gasteiger partial charge in [-0.1, -0.05) is 48.5 Å². The molecule has 27 heavy (non-hydrogen) atoms. The summed E-state index contributed by atoms with van der Waals surface area (Å²) in [5.41, 5.74) is 1.50. The molecule has 0 radical (unpaired) electrons. The molecule has 0 bridgehead atoms. The molecule has 1 aromatic heterocycles. The lowest BCUT2D eigenvalue weighted by Gasteiger charge is -2.18. The van der Waals surface area contributed by atoms with Crippen LogP contribution in [0.25, 0.3) is 0 Å². The Morgan fingerprint density at radius 1 is 1.00 bits per heavy atom. The normalized spacial score (nSPS) is 11.6. The molecule has 1 amide bonds. The maximum Gasteiger partial charge on any atom is 0.349 e. The molecular weight excluding hydrogens is 365 g/mol. The molecule has 3 rings (SSSR count). The van der Waals surface area contributed by atoms with E-state index >= 15 is 0 Å². The fourth-order valence-corrected chi connectivity index (χ4v) is 3.14. The third-order valence-electron chi connectivity index (χ3n) is 3.91. The van der Waals surface area contributed by atoms with Crippen LogP contribution in [0.3, 0.4) is 0 Å². The summed E-state index contributed by atoms with van der Waals surface area (Å²) in [5, 5.41) is 4.54. The van der Waals surface area contributed by atoms with Crippen molar-refractivity contribution in [1.82, 2.24) is 5.32 Å². The van der Waals surface area contributed by atoms with E-state index in [-0.39, 0.29) is 0 Å². The predicted molar refractivity (Wildman–Crippen MR) is 102 cm³/mol. The molecule has 0 aliphatic carbocycles. The lowest BCUT2D eigenvalue weighted by molar-refractivity contribution is -0.130. The summed E-state index contributed by atoms with van der Waals surface area (Å²) in [6, 6.07) is 18.4. The Bertz CT molecular complexity index is 880. The van der Waals surface area contributed by atoms with Gasteiger partial charge in [-0.05, 0) is 35.6 Å².